The molecule has 1 aliphatic heterocycles. The van der Waals surface area contributed by atoms with Crippen LogP contribution in [0.2, 0.25) is 0 Å². The van der Waals surface area contributed by atoms with E-state index in [1.807, 2.05) is 0 Å². The molecule has 146 valence electrons. The van der Waals surface area contributed by atoms with Gasteiger partial charge in [-0.2, -0.15) is 0 Å². The summed E-state index contributed by atoms with van der Waals surface area (Å²) in [5.74, 6) is 1.92. The first-order chi connectivity index (χ1) is 13.5. The van der Waals surface area contributed by atoms with Gasteiger partial charge >= 0.3 is 0 Å². The Balaban J connectivity index is 1.74. The fourth-order valence-corrected chi connectivity index (χ4v) is 3.81. The Kier molecular flexibility index (Phi) is 5.21. The van der Waals surface area contributed by atoms with Gasteiger partial charge in [-0.1, -0.05) is 50.3 Å². The molecule has 0 unspecified atom stereocenters. The Bertz CT molecular complexity index is 895. The molecule has 1 aliphatic carbocycles. The van der Waals surface area contributed by atoms with Crippen LogP contribution in [0, 0.1) is 0 Å². The topological polar surface area (TPSA) is 51.2 Å². The van der Waals surface area contributed by atoms with Crippen LogP contribution in [0.3, 0.4) is 0 Å². The summed E-state index contributed by atoms with van der Waals surface area (Å²) in [6.45, 7) is 4.39. The highest BCUT2D eigenvalue weighted by molar-refractivity contribution is 5.82. The lowest BCUT2D eigenvalue weighted by molar-refractivity contribution is -0.119. The third kappa shape index (κ3) is 3.96. The minimum absolute atomic E-state index is 0.0446. The molecule has 1 saturated carbocycles. The number of ether oxygens (including phenoxy) is 1. The number of amides is 1. The Labute approximate surface area is 167 Å². The maximum Gasteiger partial charge on any atom is 0.220 e. The van der Waals surface area contributed by atoms with Crippen molar-refractivity contribution >= 4 is 11.5 Å². The zero-order valence-corrected chi connectivity index (χ0v) is 16.9. The van der Waals surface area contributed by atoms with E-state index in [4.69, 9.17) is 9.72 Å². The predicted molar refractivity (Wildman–Crippen MR) is 112 cm³/mol. The average molecular weight is 377 g/mol. The SMILES string of the molecule is COc1nc(/C(=C\[C@H]2CCC(=O)N2)c2ccc(C(C)C)cc2)ccc1C1CC1. The van der Waals surface area contributed by atoms with Crippen LogP contribution in [0.1, 0.15) is 73.8 Å². The molecule has 4 rings (SSSR count). The van der Waals surface area contributed by atoms with Gasteiger partial charge in [-0.05, 0) is 48.3 Å². The summed E-state index contributed by atoms with van der Waals surface area (Å²) in [4.78, 5) is 16.5. The largest absolute Gasteiger partial charge is 0.481 e. The number of benzene rings is 1. The maximum absolute atomic E-state index is 11.7. The van der Waals surface area contributed by atoms with Gasteiger partial charge in [0.05, 0.1) is 12.8 Å². The van der Waals surface area contributed by atoms with Crippen molar-refractivity contribution in [3.8, 4) is 5.88 Å². The molecule has 0 bridgehead atoms. The Hall–Kier alpha value is -2.62. The van der Waals surface area contributed by atoms with E-state index in [1.54, 1.807) is 7.11 Å². The zero-order chi connectivity index (χ0) is 19.7. The van der Waals surface area contributed by atoms with Crippen molar-refractivity contribution < 1.29 is 9.53 Å². The molecule has 2 heterocycles. The first kappa shape index (κ1) is 18.7. The van der Waals surface area contributed by atoms with E-state index in [-0.39, 0.29) is 11.9 Å². The second-order valence-electron chi connectivity index (χ2n) is 8.14. The van der Waals surface area contributed by atoms with Crippen LogP contribution in [-0.2, 0) is 4.79 Å². The standard InChI is InChI=1S/C24H28N2O2/c1-15(2)16-4-6-18(7-5-16)21(14-19-10-13-23(27)25-19)22-12-11-20(17-8-9-17)24(26-22)28-3/h4-7,11-12,14-15,17,19H,8-10,13H2,1-3H3,(H,25,27)/b21-14-/t19-/m1/s1. The average Bonchev–Trinajstić information content (AvgIpc) is 3.47. The van der Waals surface area contributed by atoms with Crippen LogP contribution < -0.4 is 10.1 Å². The van der Waals surface area contributed by atoms with Gasteiger partial charge in [-0.3, -0.25) is 4.79 Å². The molecule has 4 heteroatoms. The Morgan fingerprint density at radius 1 is 1.14 bits per heavy atom. The monoisotopic (exact) mass is 376 g/mol. The van der Waals surface area contributed by atoms with Crippen LogP contribution in [0.25, 0.3) is 5.57 Å². The minimum Gasteiger partial charge on any atom is -0.481 e. The Morgan fingerprint density at radius 3 is 2.46 bits per heavy atom. The van der Waals surface area contributed by atoms with Gasteiger partial charge in [-0.15, -0.1) is 0 Å². The number of hydrogen-bond donors (Lipinski definition) is 1. The summed E-state index contributed by atoms with van der Waals surface area (Å²) < 4.78 is 5.60. The summed E-state index contributed by atoms with van der Waals surface area (Å²) in [5, 5.41) is 3.05. The van der Waals surface area contributed by atoms with Gasteiger partial charge in [-0.25, -0.2) is 4.98 Å². The van der Waals surface area contributed by atoms with Gasteiger partial charge in [0, 0.05) is 23.6 Å². The molecule has 0 spiro atoms. The first-order valence-corrected chi connectivity index (χ1v) is 10.2. The van der Waals surface area contributed by atoms with Gasteiger partial charge in [0.15, 0.2) is 0 Å². The van der Waals surface area contributed by atoms with Crippen LogP contribution in [0.15, 0.2) is 42.5 Å². The molecular formula is C24H28N2O2. The molecule has 1 amide bonds. The highest BCUT2D eigenvalue weighted by atomic mass is 16.5. The van der Waals surface area contributed by atoms with E-state index in [0.29, 0.717) is 18.3 Å². The normalized spacial score (nSPS) is 19.8. The maximum atomic E-state index is 11.7. The van der Waals surface area contributed by atoms with E-state index in [9.17, 15) is 4.79 Å². The summed E-state index contributed by atoms with van der Waals surface area (Å²) in [5.41, 5.74) is 5.56. The minimum atomic E-state index is 0.0446. The summed E-state index contributed by atoms with van der Waals surface area (Å²) in [6.07, 6.45) is 5.98. The van der Waals surface area contributed by atoms with Gasteiger partial charge in [0.1, 0.15) is 0 Å². The highest BCUT2D eigenvalue weighted by Crippen LogP contribution is 2.44. The van der Waals surface area contributed by atoms with Crippen molar-refractivity contribution in [2.45, 2.75) is 57.4 Å². The van der Waals surface area contributed by atoms with Crippen LogP contribution in [0.4, 0.5) is 0 Å². The lowest BCUT2D eigenvalue weighted by atomic mass is 9.95. The molecule has 0 radical (unpaired) electrons. The molecule has 1 aromatic heterocycles. The summed E-state index contributed by atoms with van der Waals surface area (Å²) in [6, 6.07) is 13.0. The van der Waals surface area contributed by atoms with E-state index < -0.39 is 0 Å². The van der Waals surface area contributed by atoms with E-state index in [1.165, 1.54) is 24.0 Å². The summed E-state index contributed by atoms with van der Waals surface area (Å²) >= 11 is 0. The van der Waals surface area contributed by atoms with Crippen molar-refractivity contribution in [3.63, 3.8) is 0 Å². The molecule has 2 aliphatic rings. The fraction of sp³-hybridized carbons (Fsp3) is 0.417. The second kappa shape index (κ2) is 7.78. The van der Waals surface area contributed by atoms with E-state index >= 15 is 0 Å². The number of pyridine rings is 1. The molecule has 1 N–H and O–H groups in total. The van der Waals surface area contributed by atoms with E-state index in [0.717, 1.165) is 29.1 Å². The molecule has 1 saturated heterocycles. The number of hydrogen-bond acceptors (Lipinski definition) is 3. The number of aromatic nitrogens is 1. The van der Waals surface area contributed by atoms with Crippen molar-refractivity contribution in [2.75, 3.05) is 7.11 Å². The van der Waals surface area contributed by atoms with Crippen molar-refractivity contribution in [1.29, 1.82) is 0 Å². The smallest absolute Gasteiger partial charge is 0.220 e. The number of carbonyl (C=O) groups excluding carboxylic acids is 1. The van der Waals surface area contributed by atoms with Gasteiger partial charge in [0.25, 0.3) is 0 Å². The third-order valence-corrected chi connectivity index (χ3v) is 5.66. The quantitative estimate of drug-likeness (QED) is 0.788. The van der Waals surface area contributed by atoms with Crippen LogP contribution in [-0.4, -0.2) is 24.0 Å². The number of carbonyl (C=O) groups is 1. The number of methoxy groups -OCH3 is 1. The predicted octanol–water partition coefficient (Wildman–Crippen LogP) is 4.80. The Morgan fingerprint density at radius 2 is 1.89 bits per heavy atom. The number of nitrogens with zero attached hydrogens (tertiary/aromatic N) is 1. The highest BCUT2D eigenvalue weighted by Gasteiger charge is 2.28. The van der Waals surface area contributed by atoms with Crippen molar-refractivity contribution in [1.82, 2.24) is 10.3 Å². The van der Waals surface area contributed by atoms with Gasteiger partial charge < -0.3 is 10.1 Å². The van der Waals surface area contributed by atoms with Gasteiger partial charge in [0.2, 0.25) is 11.8 Å². The second-order valence-corrected chi connectivity index (χ2v) is 8.14. The van der Waals surface area contributed by atoms with E-state index in [2.05, 4.69) is 61.6 Å². The lowest BCUT2D eigenvalue weighted by Gasteiger charge is -2.15. The van der Waals surface area contributed by atoms with Crippen LogP contribution in [0.5, 0.6) is 5.88 Å². The summed E-state index contributed by atoms with van der Waals surface area (Å²) in [7, 11) is 1.69. The van der Waals surface area contributed by atoms with Crippen molar-refractivity contribution in [3.05, 3.63) is 64.9 Å². The van der Waals surface area contributed by atoms with Crippen molar-refractivity contribution in [2.24, 2.45) is 0 Å². The number of rotatable bonds is 6. The molecule has 1 aromatic carbocycles. The third-order valence-electron chi connectivity index (χ3n) is 5.66. The molecule has 2 aromatic rings. The first-order valence-electron chi connectivity index (χ1n) is 10.2. The zero-order valence-electron chi connectivity index (χ0n) is 16.9. The molecule has 1 atom stereocenters. The lowest BCUT2D eigenvalue weighted by Crippen LogP contribution is -2.23. The molecular weight excluding hydrogens is 348 g/mol. The van der Waals surface area contributed by atoms with Crippen LogP contribution >= 0.6 is 0 Å². The molecule has 28 heavy (non-hydrogen) atoms. The fourth-order valence-electron chi connectivity index (χ4n) is 3.81. The number of nitrogens with one attached hydrogen (secondary N) is 1. The molecule has 4 nitrogen and oxygen atoms in total. The molecule has 2 fully saturated rings.